The summed E-state index contributed by atoms with van der Waals surface area (Å²) in [5.74, 6) is -0.301. The Bertz CT molecular complexity index is 458. The highest BCUT2D eigenvalue weighted by molar-refractivity contribution is 6.22. The average Bonchev–Trinajstić information content (AvgIpc) is 2.73. The van der Waals surface area contributed by atoms with Gasteiger partial charge in [0.2, 0.25) is 0 Å². The number of carbonyl (C=O) groups is 1. The van der Waals surface area contributed by atoms with Crippen molar-refractivity contribution in [2.75, 3.05) is 13.2 Å². The van der Waals surface area contributed by atoms with Gasteiger partial charge in [0.25, 0.3) is 0 Å². The molecule has 1 aliphatic rings. The van der Waals surface area contributed by atoms with Crippen LogP contribution in [0, 0.1) is 0 Å². The van der Waals surface area contributed by atoms with Crippen LogP contribution in [0.4, 0.5) is 0 Å². The third-order valence-electron chi connectivity index (χ3n) is 3.13. The van der Waals surface area contributed by atoms with E-state index >= 15 is 0 Å². The number of nitrogens with zero attached hydrogens (tertiary/aromatic N) is 1. The van der Waals surface area contributed by atoms with E-state index in [0.717, 1.165) is 25.1 Å². The fourth-order valence-corrected chi connectivity index (χ4v) is 2.53. The van der Waals surface area contributed by atoms with E-state index in [-0.39, 0.29) is 11.5 Å². The standard InChI is InChI=1S/C15H18ClNO2/c1-2-19-14(18)10-13-8-9-17(15(13)16)11-12-6-4-3-5-7-12/h3-7,10,15H,2,8-9,11H2,1H3/b13-10+. The lowest BCUT2D eigenvalue weighted by atomic mass is 10.2. The van der Waals surface area contributed by atoms with Crippen LogP contribution in [0.3, 0.4) is 0 Å². The smallest absolute Gasteiger partial charge is 0.330 e. The van der Waals surface area contributed by atoms with Gasteiger partial charge in [0.05, 0.1) is 6.61 Å². The maximum atomic E-state index is 11.4. The minimum absolute atomic E-state index is 0.218. The molecule has 0 N–H and O–H groups in total. The number of hydrogen-bond donors (Lipinski definition) is 0. The molecule has 19 heavy (non-hydrogen) atoms. The molecule has 102 valence electrons. The van der Waals surface area contributed by atoms with Crippen LogP contribution < -0.4 is 0 Å². The van der Waals surface area contributed by atoms with E-state index in [1.54, 1.807) is 6.92 Å². The molecule has 1 saturated heterocycles. The molecule has 0 radical (unpaired) electrons. The topological polar surface area (TPSA) is 29.5 Å². The molecule has 3 nitrogen and oxygen atoms in total. The van der Waals surface area contributed by atoms with Crippen LogP contribution in [0.5, 0.6) is 0 Å². The molecule has 1 unspecified atom stereocenters. The fraction of sp³-hybridized carbons (Fsp3) is 0.400. The summed E-state index contributed by atoms with van der Waals surface area (Å²) in [6.07, 6.45) is 2.35. The zero-order valence-electron chi connectivity index (χ0n) is 11.0. The lowest BCUT2D eigenvalue weighted by Gasteiger charge is -2.19. The lowest BCUT2D eigenvalue weighted by Crippen LogP contribution is -2.25. The number of benzene rings is 1. The van der Waals surface area contributed by atoms with Gasteiger partial charge < -0.3 is 4.74 Å². The summed E-state index contributed by atoms with van der Waals surface area (Å²) in [6.45, 7) is 3.86. The number of likely N-dealkylation sites (tertiary alicyclic amines) is 1. The number of ether oxygens (including phenoxy) is 1. The van der Waals surface area contributed by atoms with E-state index in [4.69, 9.17) is 16.3 Å². The van der Waals surface area contributed by atoms with E-state index in [1.165, 1.54) is 11.6 Å². The van der Waals surface area contributed by atoms with E-state index in [1.807, 2.05) is 18.2 Å². The monoisotopic (exact) mass is 279 g/mol. The van der Waals surface area contributed by atoms with Crippen LogP contribution >= 0.6 is 11.6 Å². The lowest BCUT2D eigenvalue weighted by molar-refractivity contribution is -0.137. The highest BCUT2D eigenvalue weighted by atomic mass is 35.5. The van der Waals surface area contributed by atoms with Gasteiger partial charge in [0.15, 0.2) is 0 Å². The van der Waals surface area contributed by atoms with E-state index < -0.39 is 0 Å². The number of hydrogen-bond acceptors (Lipinski definition) is 3. The Morgan fingerprint density at radius 2 is 2.21 bits per heavy atom. The Morgan fingerprint density at radius 3 is 2.89 bits per heavy atom. The summed E-state index contributed by atoms with van der Waals surface area (Å²) in [7, 11) is 0. The molecular weight excluding hydrogens is 262 g/mol. The summed E-state index contributed by atoms with van der Waals surface area (Å²) < 4.78 is 4.91. The molecule has 1 aliphatic heterocycles. The predicted octanol–water partition coefficient (Wildman–Crippen LogP) is 2.95. The van der Waals surface area contributed by atoms with Crippen LogP contribution in [-0.4, -0.2) is 29.5 Å². The van der Waals surface area contributed by atoms with E-state index in [0.29, 0.717) is 6.61 Å². The van der Waals surface area contributed by atoms with Crippen molar-refractivity contribution in [3.05, 3.63) is 47.5 Å². The van der Waals surface area contributed by atoms with Gasteiger partial charge in [-0.05, 0) is 24.5 Å². The Balaban J connectivity index is 1.98. The van der Waals surface area contributed by atoms with Crippen molar-refractivity contribution >= 4 is 17.6 Å². The van der Waals surface area contributed by atoms with Crippen molar-refractivity contribution in [3.8, 4) is 0 Å². The van der Waals surface area contributed by atoms with E-state index in [9.17, 15) is 4.79 Å². The minimum atomic E-state index is -0.301. The van der Waals surface area contributed by atoms with Crippen molar-refractivity contribution in [3.63, 3.8) is 0 Å². The van der Waals surface area contributed by atoms with E-state index in [2.05, 4.69) is 17.0 Å². The zero-order valence-corrected chi connectivity index (χ0v) is 11.8. The molecule has 1 aromatic rings. The molecule has 4 heteroatoms. The van der Waals surface area contributed by atoms with Gasteiger partial charge in [0.1, 0.15) is 5.50 Å². The SMILES string of the molecule is CCOC(=O)/C=C1\CCN(Cc2ccccc2)C1Cl. The summed E-state index contributed by atoms with van der Waals surface area (Å²) >= 11 is 6.39. The average molecular weight is 280 g/mol. The second-order valence-electron chi connectivity index (χ2n) is 4.51. The fourth-order valence-electron chi connectivity index (χ4n) is 2.19. The van der Waals surface area contributed by atoms with Crippen LogP contribution in [-0.2, 0) is 16.1 Å². The van der Waals surface area contributed by atoms with Gasteiger partial charge in [0, 0.05) is 19.2 Å². The molecule has 0 spiro atoms. The number of halogens is 1. The maximum Gasteiger partial charge on any atom is 0.330 e. The third kappa shape index (κ3) is 3.82. The zero-order chi connectivity index (χ0) is 13.7. The van der Waals surface area contributed by atoms with Crippen molar-refractivity contribution in [1.29, 1.82) is 0 Å². The first kappa shape index (κ1) is 14.1. The van der Waals surface area contributed by atoms with Gasteiger partial charge >= 0.3 is 5.97 Å². The molecule has 0 saturated carbocycles. The number of alkyl halides is 1. The molecule has 0 amide bonds. The predicted molar refractivity (Wildman–Crippen MR) is 75.8 cm³/mol. The van der Waals surface area contributed by atoms with Crippen LogP contribution in [0.2, 0.25) is 0 Å². The number of rotatable bonds is 4. The molecule has 1 aromatic carbocycles. The molecule has 0 aromatic heterocycles. The highest BCUT2D eigenvalue weighted by Crippen LogP contribution is 2.28. The Morgan fingerprint density at radius 1 is 1.47 bits per heavy atom. The molecule has 0 aliphatic carbocycles. The van der Waals surface area contributed by atoms with Crippen LogP contribution in [0.15, 0.2) is 42.0 Å². The molecular formula is C15H18ClNO2. The maximum absolute atomic E-state index is 11.4. The Kier molecular flexibility index (Phi) is 5.00. The highest BCUT2D eigenvalue weighted by Gasteiger charge is 2.27. The van der Waals surface area contributed by atoms with Gasteiger partial charge in [-0.2, -0.15) is 0 Å². The largest absolute Gasteiger partial charge is 0.463 e. The van der Waals surface area contributed by atoms with Crippen LogP contribution in [0.1, 0.15) is 18.9 Å². The van der Waals surface area contributed by atoms with Gasteiger partial charge in [-0.3, -0.25) is 4.90 Å². The Labute approximate surface area is 118 Å². The molecule has 1 heterocycles. The van der Waals surface area contributed by atoms with Crippen molar-refractivity contribution in [2.24, 2.45) is 0 Å². The number of carbonyl (C=O) groups excluding carboxylic acids is 1. The van der Waals surface area contributed by atoms with Gasteiger partial charge in [-0.15, -0.1) is 11.6 Å². The third-order valence-corrected chi connectivity index (χ3v) is 3.69. The summed E-state index contributed by atoms with van der Waals surface area (Å²) in [5.41, 5.74) is 1.95. The summed E-state index contributed by atoms with van der Waals surface area (Å²) in [5, 5.41) is 0. The first-order chi connectivity index (χ1) is 9.20. The van der Waals surface area contributed by atoms with Gasteiger partial charge in [-0.25, -0.2) is 4.79 Å². The van der Waals surface area contributed by atoms with Crippen LogP contribution in [0.25, 0.3) is 0 Å². The summed E-state index contributed by atoms with van der Waals surface area (Å²) in [4.78, 5) is 13.6. The quantitative estimate of drug-likeness (QED) is 0.367. The van der Waals surface area contributed by atoms with Crippen molar-refractivity contribution < 1.29 is 9.53 Å². The second-order valence-corrected chi connectivity index (χ2v) is 4.93. The normalized spacial score (nSPS) is 21.8. The van der Waals surface area contributed by atoms with Gasteiger partial charge in [-0.1, -0.05) is 30.3 Å². The first-order valence-electron chi connectivity index (χ1n) is 6.50. The second kappa shape index (κ2) is 6.73. The Hall–Kier alpha value is -1.32. The minimum Gasteiger partial charge on any atom is -0.463 e. The van der Waals surface area contributed by atoms with Crippen molar-refractivity contribution in [2.45, 2.75) is 25.4 Å². The summed E-state index contributed by atoms with van der Waals surface area (Å²) in [6, 6.07) is 10.2. The van der Waals surface area contributed by atoms with Crippen molar-refractivity contribution in [1.82, 2.24) is 4.90 Å². The molecule has 2 rings (SSSR count). The molecule has 1 fully saturated rings. The first-order valence-corrected chi connectivity index (χ1v) is 6.93. The molecule has 1 atom stereocenters. The molecule has 0 bridgehead atoms. The number of esters is 1.